The molecule has 2 atom stereocenters. The predicted molar refractivity (Wildman–Crippen MR) is 121 cm³/mol. The zero-order valence-corrected chi connectivity index (χ0v) is 19.0. The Morgan fingerprint density at radius 3 is 2.45 bits per heavy atom. The molecule has 7 heteroatoms. The highest BCUT2D eigenvalue weighted by Gasteiger charge is 2.55. The highest BCUT2D eigenvalue weighted by atomic mass is 16.5. The number of methoxy groups -OCH3 is 1. The molecule has 33 heavy (non-hydrogen) atoms. The lowest BCUT2D eigenvalue weighted by Gasteiger charge is -2.31. The molecule has 2 aromatic carbocycles. The monoisotopic (exact) mass is 448 g/mol. The summed E-state index contributed by atoms with van der Waals surface area (Å²) in [5.41, 5.74) is 1.08. The number of carbonyl (C=O) groups excluding carboxylic acids is 4. The second kappa shape index (κ2) is 9.17. The summed E-state index contributed by atoms with van der Waals surface area (Å²) in [6.45, 7) is 2.47. The third kappa shape index (κ3) is 4.15. The molecule has 172 valence electrons. The van der Waals surface area contributed by atoms with Crippen LogP contribution in [-0.2, 0) is 35.9 Å². The maximum absolute atomic E-state index is 13.9. The van der Waals surface area contributed by atoms with Gasteiger partial charge < -0.3 is 9.64 Å². The van der Waals surface area contributed by atoms with Crippen LogP contribution in [0.2, 0.25) is 0 Å². The number of carbonyl (C=O) groups is 4. The molecule has 0 unspecified atom stereocenters. The Morgan fingerprint density at radius 2 is 1.76 bits per heavy atom. The Bertz CT molecular complexity index is 1080. The topological polar surface area (TPSA) is 84.0 Å². The summed E-state index contributed by atoms with van der Waals surface area (Å²) in [5.74, 6) is -1.43. The van der Waals surface area contributed by atoms with Gasteiger partial charge in [0, 0.05) is 19.4 Å². The van der Waals surface area contributed by atoms with Crippen molar-refractivity contribution in [2.45, 2.75) is 50.6 Å². The van der Waals surface area contributed by atoms with Gasteiger partial charge in [-0.1, -0.05) is 54.6 Å². The van der Waals surface area contributed by atoms with Gasteiger partial charge in [0.1, 0.15) is 6.04 Å². The van der Waals surface area contributed by atoms with Gasteiger partial charge in [-0.05, 0) is 36.5 Å². The Balaban J connectivity index is 1.69. The molecule has 4 rings (SSSR count). The van der Waals surface area contributed by atoms with Crippen LogP contribution in [-0.4, -0.2) is 53.2 Å². The average Bonchev–Trinajstić information content (AvgIpc) is 3.40. The van der Waals surface area contributed by atoms with Gasteiger partial charge in [0.15, 0.2) is 0 Å². The fourth-order valence-corrected chi connectivity index (χ4v) is 5.09. The number of imide groups is 1. The minimum Gasteiger partial charge on any atom is -0.467 e. The van der Waals surface area contributed by atoms with Gasteiger partial charge in [0.05, 0.1) is 19.1 Å². The predicted octanol–water partition coefficient (Wildman–Crippen LogP) is 2.75. The third-order valence-corrected chi connectivity index (χ3v) is 6.75. The van der Waals surface area contributed by atoms with E-state index in [-0.39, 0.29) is 37.1 Å². The maximum Gasteiger partial charge on any atom is 0.328 e. The largest absolute Gasteiger partial charge is 0.467 e. The number of amides is 3. The summed E-state index contributed by atoms with van der Waals surface area (Å²) in [4.78, 5) is 55.4. The zero-order chi connectivity index (χ0) is 23.6. The van der Waals surface area contributed by atoms with Crippen LogP contribution in [0.25, 0.3) is 0 Å². The number of likely N-dealkylation sites (tertiary alicyclic amines) is 2. The molecule has 0 spiro atoms. The fraction of sp³-hybridized carbons (Fsp3) is 0.385. The second-order valence-corrected chi connectivity index (χ2v) is 8.79. The highest BCUT2D eigenvalue weighted by molar-refractivity contribution is 6.11. The highest BCUT2D eigenvalue weighted by Crippen LogP contribution is 2.42. The molecule has 2 fully saturated rings. The van der Waals surface area contributed by atoms with Crippen molar-refractivity contribution in [2.24, 2.45) is 0 Å². The molecule has 3 amide bonds. The summed E-state index contributed by atoms with van der Waals surface area (Å²) in [6.07, 6.45) is 0.978. The lowest BCUT2D eigenvalue weighted by molar-refractivity contribution is -0.151. The number of hydrogen-bond acceptors (Lipinski definition) is 5. The van der Waals surface area contributed by atoms with Gasteiger partial charge in [-0.2, -0.15) is 0 Å². The molecular weight excluding hydrogens is 420 g/mol. The molecular formula is C26H28N2O5. The SMILES string of the molecule is COC(=O)[C@@H]1CCCN1C(=O)C[C@@]1(c2ccccc2C)CC(=O)N(Cc2ccccc2)C1=O. The van der Waals surface area contributed by atoms with E-state index in [1.54, 1.807) is 0 Å². The minimum absolute atomic E-state index is 0.0774. The number of ether oxygens (including phenoxy) is 1. The number of benzene rings is 2. The first kappa shape index (κ1) is 22.7. The Kier molecular flexibility index (Phi) is 6.31. The third-order valence-electron chi connectivity index (χ3n) is 6.75. The Hall–Kier alpha value is -3.48. The number of nitrogens with zero attached hydrogens (tertiary/aromatic N) is 2. The molecule has 2 aliphatic rings. The van der Waals surface area contributed by atoms with Crippen molar-refractivity contribution in [3.63, 3.8) is 0 Å². The normalized spacial score (nSPS) is 22.7. The molecule has 2 heterocycles. The van der Waals surface area contributed by atoms with Gasteiger partial charge in [-0.25, -0.2) is 4.79 Å². The van der Waals surface area contributed by atoms with Gasteiger partial charge in [-0.3, -0.25) is 19.3 Å². The number of esters is 1. The standard InChI is InChI=1S/C26H28N2O5/c1-18-9-6-7-12-20(18)26(15-22(29)27-14-8-13-21(27)24(31)33-2)16-23(30)28(25(26)32)17-19-10-4-3-5-11-19/h3-7,9-12,21H,8,13-17H2,1-2H3/t21-,26-/m0/s1. The minimum atomic E-state index is -1.29. The summed E-state index contributed by atoms with van der Waals surface area (Å²) in [6, 6.07) is 16.1. The van der Waals surface area contributed by atoms with Gasteiger partial charge in [-0.15, -0.1) is 0 Å². The van der Waals surface area contributed by atoms with Crippen molar-refractivity contribution < 1.29 is 23.9 Å². The maximum atomic E-state index is 13.9. The quantitative estimate of drug-likeness (QED) is 0.501. The van der Waals surface area contributed by atoms with Crippen molar-refractivity contribution in [1.82, 2.24) is 9.80 Å². The van der Waals surface area contributed by atoms with E-state index in [9.17, 15) is 19.2 Å². The first-order chi connectivity index (χ1) is 15.9. The van der Waals surface area contributed by atoms with Crippen molar-refractivity contribution in [2.75, 3.05) is 13.7 Å². The van der Waals surface area contributed by atoms with Crippen molar-refractivity contribution in [3.8, 4) is 0 Å². The molecule has 0 aromatic heterocycles. The van der Waals surface area contributed by atoms with E-state index < -0.39 is 17.4 Å². The first-order valence-corrected chi connectivity index (χ1v) is 11.2. The molecule has 2 saturated heterocycles. The molecule has 0 N–H and O–H groups in total. The summed E-state index contributed by atoms with van der Waals surface area (Å²) in [5, 5.41) is 0. The lowest BCUT2D eigenvalue weighted by Crippen LogP contribution is -2.46. The lowest BCUT2D eigenvalue weighted by atomic mass is 9.74. The van der Waals surface area contributed by atoms with Crippen LogP contribution in [0.4, 0.5) is 0 Å². The van der Waals surface area contributed by atoms with Crippen molar-refractivity contribution >= 4 is 23.7 Å². The van der Waals surface area contributed by atoms with E-state index in [2.05, 4.69) is 0 Å². The van der Waals surface area contributed by atoms with Crippen LogP contribution in [0.1, 0.15) is 42.4 Å². The fourth-order valence-electron chi connectivity index (χ4n) is 5.09. The summed E-state index contributed by atoms with van der Waals surface area (Å²) >= 11 is 0. The average molecular weight is 449 g/mol. The van der Waals surface area contributed by atoms with Gasteiger partial charge in [0.25, 0.3) is 0 Å². The van der Waals surface area contributed by atoms with Crippen molar-refractivity contribution in [1.29, 1.82) is 0 Å². The van der Waals surface area contributed by atoms with E-state index in [1.807, 2.05) is 61.5 Å². The Labute approximate surface area is 193 Å². The van der Waals surface area contributed by atoms with E-state index in [4.69, 9.17) is 4.74 Å². The first-order valence-electron chi connectivity index (χ1n) is 11.2. The number of rotatable bonds is 6. The van der Waals surface area contributed by atoms with E-state index in [0.29, 0.717) is 24.9 Å². The summed E-state index contributed by atoms with van der Waals surface area (Å²) < 4.78 is 4.87. The van der Waals surface area contributed by atoms with Crippen LogP contribution in [0.15, 0.2) is 54.6 Å². The smallest absolute Gasteiger partial charge is 0.328 e. The van der Waals surface area contributed by atoms with Gasteiger partial charge in [0.2, 0.25) is 17.7 Å². The second-order valence-electron chi connectivity index (χ2n) is 8.79. The van der Waals surface area contributed by atoms with Crippen LogP contribution in [0.5, 0.6) is 0 Å². The van der Waals surface area contributed by atoms with Crippen LogP contribution < -0.4 is 0 Å². The Morgan fingerprint density at radius 1 is 1.06 bits per heavy atom. The van der Waals surface area contributed by atoms with E-state index in [0.717, 1.165) is 11.1 Å². The van der Waals surface area contributed by atoms with Gasteiger partial charge >= 0.3 is 5.97 Å². The molecule has 0 bridgehead atoms. The van der Waals surface area contributed by atoms with Crippen LogP contribution >= 0.6 is 0 Å². The zero-order valence-electron chi connectivity index (χ0n) is 19.0. The van der Waals surface area contributed by atoms with Crippen LogP contribution in [0, 0.1) is 6.92 Å². The summed E-state index contributed by atoms with van der Waals surface area (Å²) in [7, 11) is 1.30. The van der Waals surface area contributed by atoms with E-state index >= 15 is 0 Å². The molecule has 0 radical (unpaired) electrons. The number of aryl methyl sites for hydroxylation is 1. The molecule has 0 saturated carbocycles. The van der Waals surface area contributed by atoms with Crippen molar-refractivity contribution in [3.05, 3.63) is 71.3 Å². The van der Waals surface area contributed by atoms with E-state index in [1.165, 1.54) is 16.9 Å². The molecule has 0 aliphatic carbocycles. The molecule has 2 aromatic rings. The molecule has 2 aliphatic heterocycles. The number of hydrogen-bond donors (Lipinski definition) is 0. The molecule has 7 nitrogen and oxygen atoms in total. The van der Waals surface area contributed by atoms with Crippen LogP contribution in [0.3, 0.4) is 0 Å².